The minimum absolute atomic E-state index is 0.116. The Labute approximate surface area is 90.4 Å². The van der Waals surface area contributed by atoms with Gasteiger partial charge in [0, 0.05) is 11.6 Å². The SMILES string of the molecule is N[C@H]1CCCOc2cc(Br)c(F)cc21. The number of fused-ring (bicyclic) bond motifs is 1. The highest BCUT2D eigenvalue weighted by Gasteiger charge is 2.18. The van der Waals surface area contributed by atoms with Crippen molar-refractivity contribution < 1.29 is 9.13 Å². The molecular weight excluding hydrogens is 249 g/mol. The van der Waals surface area contributed by atoms with Crippen molar-refractivity contribution in [3.05, 3.63) is 28.0 Å². The first-order valence-electron chi connectivity index (χ1n) is 4.56. The van der Waals surface area contributed by atoms with E-state index in [4.69, 9.17) is 10.5 Å². The lowest BCUT2D eigenvalue weighted by Crippen LogP contribution is -2.09. The highest BCUT2D eigenvalue weighted by Crippen LogP contribution is 2.33. The Morgan fingerprint density at radius 2 is 2.29 bits per heavy atom. The maximum absolute atomic E-state index is 13.3. The molecule has 1 aliphatic heterocycles. The van der Waals surface area contributed by atoms with E-state index >= 15 is 0 Å². The number of hydrogen-bond donors (Lipinski definition) is 1. The summed E-state index contributed by atoms with van der Waals surface area (Å²) < 4.78 is 19.2. The molecule has 0 radical (unpaired) electrons. The molecule has 0 bridgehead atoms. The molecule has 1 heterocycles. The zero-order valence-corrected chi connectivity index (χ0v) is 9.18. The average Bonchev–Trinajstić information content (AvgIpc) is 2.31. The van der Waals surface area contributed by atoms with Crippen molar-refractivity contribution in [3.8, 4) is 5.75 Å². The zero-order valence-electron chi connectivity index (χ0n) is 7.59. The molecule has 1 aliphatic rings. The van der Waals surface area contributed by atoms with Crippen LogP contribution in [0.4, 0.5) is 4.39 Å². The van der Waals surface area contributed by atoms with E-state index in [0.29, 0.717) is 16.8 Å². The summed E-state index contributed by atoms with van der Waals surface area (Å²) in [7, 11) is 0. The summed E-state index contributed by atoms with van der Waals surface area (Å²) in [6.07, 6.45) is 1.75. The summed E-state index contributed by atoms with van der Waals surface area (Å²) in [6, 6.07) is 2.99. The van der Waals surface area contributed by atoms with Gasteiger partial charge in [0.1, 0.15) is 11.6 Å². The van der Waals surface area contributed by atoms with Gasteiger partial charge >= 0.3 is 0 Å². The van der Waals surface area contributed by atoms with Gasteiger partial charge in [-0.3, -0.25) is 0 Å². The number of hydrogen-bond acceptors (Lipinski definition) is 2. The van der Waals surface area contributed by atoms with Crippen molar-refractivity contribution in [1.29, 1.82) is 0 Å². The molecule has 0 amide bonds. The highest BCUT2D eigenvalue weighted by atomic mass is 79.9. The van der Waals surface area contributed by atoms with Crippen LogP contribution in [-0.4, -0.2) is 6.61 Å². The molecule has 0 unspecified atom stereocenters. The summed E-state index contributed by atoms with van der Waals surface area (Å²) in [4.78, 5) is 0. The van der Waals surface area contributed by atoms with Crippen molar-refractivity contribution in [2.24, 2.45) is 5.73 Å². The number of rotatable bonds is 0. The monoisotopic (exact) mass is 259 g/mol. The van der Waals surface area contributed by atoms with Crippen molar-refractivity contribution in [3.63, 3.8) is 0 Å². The zero-order chi connectivity index (χ0) is 10.1. The van der Waals surface area contributed by atoms with E-state index in [9.17, 15) is 4.39 Å². The van der Waals surface area contributed by atoms with Crippen LogP contribution >= 0.6 is 15.9 Å². The molecule has 1 aromatic carbocycles. The molecule has 76 valence electrons. The van der Waals surface area contributed by atoms with E-state index in [-0.39, 0.29) is 11.9 Å². The van der Waals surface area contributed by atoms with E-state index in [2.05, 4.69) is 15.9 Å². The topological polar surface area (TPSA) is 35.2 Å². The van der Waals surface area contributed by atoms with Gasteiger partial charge in [0.15, 0.2) is 0 Å². The van der Waals surface area contributed by atoms with Gasteiger partial charge in [-0.25, -0.2) is 4.39 Å². The molecule has 0 saturated carbocycles. The summed E-state index contributed by atoms with van der Waals surface area (Å²) in [5.74, 6) is 0.410. The second kappa shape index (κ2) is 3.87. The van der Waals surface area contributed by atoms with Crippen molar-refractivity contribution in [2.45, 2.75) is 18.9 Å². The molecule has 2 N–H and O–H groups in total. The number of ether oxygens (including phenoxy) is 1. The largest absolute Gasteiger partial charge is 0.493 e. The molecular formula is C10H11BrFNO. The van der Waals surface area contributed by atoms with Gasteiger partial charge in [-0.15, -0.1) is 0 Å². The molecule has 0 spiro atoms. The van der Waals surface area contributed by atoms with Crippen molar-refractivity contribution in [2.75, 3.05) is 6.61 Å². The molecule has 1 aromatic rings. The van der Waals surface area contributed by atoms with Gasteiger partial charge in [0.2, 0.25) is 0 Å². The summed E-state index contributed by atoms with van der Waals surface area (Å²) in [5.41, 5.74) is 6.67. The predicted octanol–water partition coefficient (Wildman–Crippen LogP) is 2.76. The molecule has 0 fully saturated rings. The first-order chi connectivity index (χ1) is 6.68. The normalized spacial score (nSPS) is 20.9. The highest BCUT2D eigenvalue weighted by molar-refractivity contribution is 9.10. The van der Waals surface area contributed by atoms with Gasteiger partial charge < -0.3 is 10.5 Å². The molecule has 1 atom stereocenters. The molecule has 14 heavy (non-hydrogen) atoms. The Balaban J connectivity index is 2.49. The molecule has 0 saturated heterocycles. The Kier molecular flexibility index (Phi) is 2.74. The minimum Gasteiger partial charge on any atom is -0.493 e. The van der Waals surface area contributed by atoms with Gasteiger partial charge in [0.05, 0.1) is 11.1 Å². The van der Waals surface area contributed by atoms with Gasteiger partial charge in [-0.05, 0) is 40.9 Å². The number of halogens is 2. The van der Waals surface area contributed by atoms with E-state index < -0.39 is 0 Å². The van der Waals surface area contributed by atoms with Gasteiger partial charge in [-0.1, -0.05) is 0 Å². The summed E-state index contributed by atoms with van der Waals surface area (Å²) in [5, 5.41) is 0. The average molecular weight is 260 g/mol. The third-order valence-corrected chi connectivity index (χ3v) is 2.98. The second-order valence-electron chi connectivity index (χ2n) is 3.40. The van der Waals surface area contributed by atoms with Crippen LogP contribution in [-0.2, 0) is 0 Å². The Bertz CT molecular complexity index is 356. The van der Waals surface area contributed by atoms with Crippen molar-refractivity contribution >= 4 is 15.9 Å². The fourth-order valence-corrected chi connectivity index (χ4v) is 1.92. The smallest absolute Gasteiger partial charge is 0.137 e. The fourth-order valence-electron chi connectivity index (χ4n) is 1.60. The third-order valence-electron chi connectivity index (χ3n) is 2.37. The lowest BCUT2D eigenvalue weighted by Gasteiger charge is -2.12. The Morgan fingerprint density at radius 1 is 1.50 bits per heavy atom. The molecule has 2 rings (SSSR count). The predicted molar refractivity (Wildman–Crippen MR) is 55.8 cm³/mol. The summed E-state index contributed by atoms with van der Waals surface area (Å²) >= 11 is 3.12. The van der Waals surface area contributed by atoms with Crippen LogP contribution in [0.25, 0.3) is 0 Å². The van der Waals surface area contributed by atoms with Crippen LogP contribution < -0.4 is 10.5 Å². The van der Waals surface area contributed by atoms with Crippen LogP contribution in [0.3, 0.4) is 0 Å². The van der Waals surface area contributed by atoms with Crippen LogP contribution in [0.1, 0.15) is 24.4 Å². The molecule has 0 aliphatic carbocycles. The van der Waals surface area contributed by atoms with E-state index in [1.807, 2.05) is 0 Å². The second-order valence-corrected chi connectivity index (χ2v) is 4.26. The van der Waals surface area contributed by atoms with Crippen LogP contribution in [0.15, 0.2) is 16.6 Å². The maximum atomic E-state index is 13.3. The molecule has 4 heteroatoms. The lowest BCUT2D eigenvalue weighted by atomic mass is 10.0. The lowest BCUT2D eigenvalue weighted by molar-refractivity contribution is 0.315. The molecule has 0 aromatic heterocycles. The first kappa shape index (κ1) is 9.93. The van der Waals surface area contributed by atoms with Crippen molar-refractivity contribution in [1.82, 2.24) is 0 Å². The summed E-state index contributed by atoms with van der Waals surface area (Å²) in [6.45, 7) is 0.652. The number of nitrogens with two attached hydrogens (primary N) is 1. The molecule has 2 nitrogen and oxygen atoms in total. The van der Waals surface area contributed by atoms with Gasteiger partial charge in [0.25, 0.3) is 0 Å². The van der Waals surface area contributed by atoms with Gasteiger partial charge in [-0.2, -0.15) is 0 Å². The quantitative estimate of drug-likeness (QED) is 0.778. The van der Waals surface area contributed by atoms with Crippen LogP contribution in [0, 0.1) is 5.82 Å². The van der Waals surface area contributed by atoms with E-state index in [1.54, 1.807) is 6.07 Å². The Morgan fingerprint density at radius 3 is 3.07 bits per heavy atom. The standard InChI is InChI=1S/C10H11BrFNO/c11-7-5-10-6(4-8(7)12)9(13)2-1-3-14-10/h4-5,9H,1-3,13H2/t9-/m0/s1. The first-order valence-corrected chi connectivity index (χ1v) is 5.35. The fraction of sp³-hybridized carbons (Fsp3) is 0.400. The van der Waals surface area contributed by atoms with E-state index in [1.165, 1.54) is 6.07 Å². The van der Waals surface area contributed by atoms with E-state index in [0.717, 1.165) is 18.4 Å². The van der Waals surface area contributed by atoms with Crippen LogP contribution in [0.5, 0.6) is 5.75 Å². The third kappa shape index (κ3) is 1.77. The maximum Gasteiger partial charge on any atom is 0.137 e. The Hall–Kier alpha value is -0.610. The number of benzene rings is 1. The van der Waals surface area contributed by atoms with Crippen LogP contribution in [0.2, 0.25) is 0 Å². The minimum atomic E-state index is -0.287.